The van der Waals surface area contributed by atoms with Gasteiger partial charge in [0.1, 0.15) is 12.4 Å². The molecule has 1 N–H and O–H groups in total. The van der Waals surface area contributed by atoms with Gasteiger partial charge in [-0.2, -0.15) is 0 Å². The number of fused-ring (bicyclic) bond motifs is 1. The summed E-state index contributed by atoms with van der Waals surface area (Å²) in [6.45, 7) is 6.84. The van der Waals surface area contributed by atoms with Gasteiger partial charge in [-0.05, 0) is 68.3 Å². The second-order valence-corrected chi connectivity index (χ2v) is 7.74. The van der Waals surface area contributed by atoms with Gasteiger partial charge >= 0.3 is 0 Å². The second kappa shape index (κ2) is 9.91. The maximum absolute atomic E-state index is 9.67. The van der Waals surface area contributed by atoms with Crippen molar-refractivity contribution in [3.05, 3.63) is 65.2 Å². The van der Waals surface area contributed by atoms with Crippen molar-refractivity contribution in [3.63, 3.8) is 0 Å². The van der Waals surface area contributed by atoms with Crippen LogP contribution in [0.25, 0.3) is 0 Å². The Hall–Kier alpha value is -1.84. The van der Waals surface area contributed by atoms with Gasteiger partial charge in [-0.15, -0.1) is 0 Å². The van der Waals surface area contributed by atoms with Crippen LogP contribution < -0.4 is 4.74 Å². The third-order valence-corrected chi connectivity index (χ3v) is 5.51. The van der Waals surface area contributed by atoms with Gasteiger partial charge in [0, 0.05) is 12.6 Å². The van der Waals surface area contributed by atoms with E-state index in [0.717, 1.165) is 44.5 Å². The molecule has 0 saturated carbocycles. The van der Waals surface area contributed by atoms with Crippen LogP contribution in [0.4, 0.5) is 0 Å². The predicted octanol–water partition coefficient (Wildman–Crippen LogP) is 4.61. The first kappa shape index (κ1) is 19.9. The lowest BCUT2D eigenvalue weighted by molar-refractivity contribution is 0.127. The third kappa shape index (κ3) is 5.57. The molecule has 3 nitrogen and oxygen atoms in total. The fourth-order valence-corrected chi connectivity index (χ4v) is 4.05. The van der Waals surface area contributed by atoms with E-state index in [1.807, 2.05) is 13.0 Å². The summed E-state index contributed by atoms with van der Waals surface area (Å²) in [5.41, 5.74) is 4.02. The lowest BCUT2D eigenvalue weighted by Crippen LogP contribution is -2.41. The Kier molecular flexibility index (Phi) is 7.31. The molecule has 0 amide bonds. The molecule has 0 heterocycles. The van der Waals surface area contributed by atoms with Gasteiger partial charge < -0.3 is 9.84 Å². The van der Waals surface area contributed by atoms with E-state index in [2.05, 4.69) is 54.3 Å². The molecule has 3 heteroatoms. The van der Waals surface area contributed by atoms with Gasteiger partial charge in [-0.25, -0.2) is 0 Å². The molecule has 1 aliphatic carbocycles. The molecule has 0 saturated heterocycles. The molecule has 0 aliphatic heterocycles. The third-order valence-electron chi connectivity index (χ3n) is 5.51. The quantitative estimate of drug-likeness (QED) is 0.703. The van der Waals surface area contributed by atoms with Crippen LogP contribution in [-0.4, -0.2) is 35.2 Å². The fraction of sp³-hybridized carbons (Fsp3) is 0.500. The Balaban J connectivity index is 1.67. The maximum atomic E-state index is 9.67. The molecule has 3 rings (SSSR count). The molecular weight excluding hydrogens is 334 g/mol. The van der Waals surface area contributed by atoms with E-state index in [9.17, 15) is 5.11 Å². The van der Waals surface area contributed by atoms with Gasteiger partial charge in [0.05, 0.1) is 6.10 Å². The van der Waals surface area contributed by atoms with Crippen LogP contribution in [0.1, 0.15) is 49.8 Å². The summed E-state index contributed by atoms with van der Waals surface area (Å²) in [5.74, 6) is 1.04. The zero-order valence-electron chi connectivity index (χ0n) is 16.7. The lowest BCUT2D eigenvalue weighted by Gasteiger charge is -2.36. The average Bonchev–Trinajstić information content (AvgIpc) is 2.69. The summed E-state index contributed by atoms with van der Waals surface area (Å²) in [6.07, 6.45) is 5.10. The largest absolute Gasteiger partial charge is 0.489 e. The van der Waals surface area contributed by atoms with E-state index in [1.54, 1.807) is 0 Å². The molecule has 0 spiro atoms. The number of aliphatic hydroxyl groups excluding tert-OH is 1. The van der Waals surface area contributed by atoms with Gasteiger partial charge in [-0.1, -0.05) is 49.4 Å². The average molecular weight is 368 g/mol. The SMILES string of the molecule is CCCN(CC[C@H](C)O)C1CCc2c(cccc2OCc2ccccc2)C1. The second-order valence-electron chi connectivity index (χ2n) is 7.74. The van der Waals surface area contributed by atoms with Crippen molar-refractivity contribution >= 4 is 0 Å². The van der Waals surface area contributed by atoms with E-state index in [-0.39, 0.29) is 6.10 Å². The lowest BCUT2D eigenvalue weighted by atomic mass is 9.86. The highest BCUT2D eigenvalue weighted by atomic mass is 16.5. The predicted molar refractivity (Wildman–Crippen MR) is 111 cm³/mol. The van der Waals surface area contributed by atoms with Crippen LogP contribution in [0.5, 0.6) is 5.75 Å². The normalized spacial score (nSPS) is 17.6. The van der Waals surface area contributed by atoms with E-state index >= 15 is 0 Å². The van der Waals surface area contributed by atoms with Crippen LogP contribution in [0.3, 0.4) is 0 Å². The monoisotopic (exact) mass is 367 g/mol. The molecule has 0 fully saturated rings. The van der Waals surface area contributed by atoms with Gasteiger partial charge in [0.2, 0.25) is 0 Å². The number of hydrogen-bond acceptors (Lipinski definition) is 3. The molecule has 146 valence electrons. The Morgan fingerprint density at radius 1 is 1.11 bits per heavy atom. The van der Waals surface area contributed by atoms with Crippen LogP contribution in [0.2, 0.25) is 0 Å². The molecule has 1 unspecified atom stereocenters. The van der Waals surface area contributed by atoms with E-state index < -0.39 is 0 Å². The van der Waals surface area contributed by atoms with Crippen molar-refractivity contribution in [3.8, 4) is 5.75 Å². The van der Waals surface area contributed by atoms with Gasteiger partial charge in [0.15, 0.2) is 0 Å². The zero-order chi connectivity index (χ0) is 19.1. The maximum Gasteiger partial charge on any atom is 0.123 e. The number of benzene rings is 2. The highest BCUT2D eigenvalue weighted by molar-refractivity contribution is 5.42. The van der Waals surface area contributed by atoms with Gasteiger partial charge in [0.25, 0.3) is 0 Å². The highest BCUT2D eigenvalue weighted by Crippen LogP contribution is 2.32. The zero-order valence-corrected chi connectivity index (χ0v) is 16.7. The van der Waals surface area contributed by atoms with Crippen molar-refractivity contribution < 1.29 is 9.84 Å². The summed E-state index contributed by atoms with van der Waals surface area (Å²) in [7, 11) is 0. The minimum absolute atomic E-state index is 0.224. The number of ether oxygens (including phenoxy) is 1. The fourth-order valence-electron chi connectivity index (χ4n) is 4.05. The summed E-state index contributed by atoms with van der Waals surface area (Å²) in [5, 5.41) is 9.67. The van der Waals surface area contributed by atoms with E-state index in [1.165, 1.54) is 23.1 Å². The number of rotatable bonds is 9. The summed E-state index contributed by atoms with van der Waals surface area (Å²) in [6, 6.07) is 17.4. The highest BCUT2D eigenvalue weighted by Gasteiger charge is 2.25. The van der Waals surface area contributed by atoms with Crippen molar-refractivity contribution in [1.82, 2.24) is 4.90 Å². The van der Waals surface area contributed by atoms with Crippen LogP contribution >= 0.6 is 0 Å². The Labute approximate surface area is 164 Å². The molecule has 0 radical (unpaired) electrons. The molecule has 0 aromatic heterocycles. The first-order chi connectivity index (χ1) is 13.2. The first-order valence-electron chi connectivity index (χ1n) is 10.4. The van der Waals surface area contributed by atoms with Crippen LogP contribution in [-0.2, 0) is 19.4 Å². The van der Waals surface area contributed by atoms with Crippen molar-refractivity contribution in [2.45, 2.75) is 64.7 Å². The smallest absolute Gasteiger partial charge is 0.123 e. The summed E-state index contributed by atoms with van der Waals surface area (Å²) in [4.78, 5) is 2.58. The number of nitrogens with zero attached hydrogens (tertiary/aromatic N) is 1. The Morgan fingerprint density at radius 2 is 1.93 bits per heavy atom. The van der Waals surface area contributed by atoms with E-state index in [0.29, 0.717) is 12.6 Å². The molecule has 1 aliphatic rings. The van der Waals surface area contributed by atoms with Gasteiger partial charge in [-0.3, -0.25) is 4.90 Å². The minimum Gasteiger partial charge on any atom is -0.489 e. The number of hydrogen-bond donors (Lipinski definition) is 1. The molecule has 2 aromatic carbocycles. The van der Waals surface area contributed by atoms with Crippen molar-refractivity contribution in [2.75, 3.05) is 13.1 Å². The van der Waals surface area contributed by atoms with Crippen molar-refractivity contribution in [2.24, 2.45) is 0 Å². The van der Waals surface area contributed by atoms with Crippen LogP contribution in [0.15, 0.2) is 48.5 Å². The first-order valence-corrected chi connectivity index (χ1v) is 10.4. The Bertz CT molecular complexity index is 699. The molecule has 0 bridgehead atoms. The van der Waals surface area contributed by atoms with Crippen molar-refractivity contribution in [1.29, 1.82) is 0 Å². The topological polar surface area (TPSA) is 32.7 Å². The molecular formula is C24H33NO2. The number of aliphatic hydroxyl groups is 1. The standard InChI is InChI=1S/C24H33NO2/c1-3-15-25(16-14-19(2)26)22-12-13-23-21(17-22)10-7-11-24(23)27-18-20-8-5-4-6-9-20/h4-11,19,22,26H,3,12-18H2,1-2H3/t19-,22?/m0/s1. The minimum atomic E-state index is -0.224. The summed E-state index contributed by atoms with van der Waals surface area (Å²) >= 11 is 0. The van der Waals surface area contributed by atoms with Crippen LogP contribution in [0, 0.1) is 0 Å². The Morgan fingerprint density at radius 3 is 2.67 bits per heavy atom. The molecule has 2 aromatic rings. The molecule has 2 atom stereocenters. The molecule has 27 heavy (non-hydrogen) atoms. The summed E-state index contributed by atoms with van der Waals surface area (Å²) < 4.78 is 6.17. The van der Waals surface area contributed by atoms with E-state index in [4.69, 9.17) is 4.74 Å².